The molecule has 1 N–H and O–H groups in total. The minimum Gasteiger partial charge on any atom is -0.480 e. The first-order valence-electron chi connectivity index (χ1n) is 8.99. The lowest BCUT2D eigenvalue weighted by molar-refractivity contribution is -0.142. The minimum absolute atomic E-state index is 0.00762. The first kappa shape index (κ1) is 15.4. The first-order chi connectivity index (χ1) is 12.6. The number of amides is 1. The summed E-state index contributed by atoms with van der Waals surface area (Å²) in [7, 11) is 0. The molecule has 3 atom stereocenters. The topological polar surface area (TPSA) is 66.8 Å². The van der Waals surface area contributed by atoms with E-state index in [2.05, 4.69) is 24.3 Å². The van der Waals surface area contributed by atoms with Crippen LogP contribution in [0.15, 0.2) is 48.5 Å². The second-order valence-electron chi connectivity index (χ2n) is 7.40. The van der Waals surface area contributed by atoms with Gasteiger partial charge in [-0.15, -0.1) is 0 Å². The monoisotopic (exact) mass is 349 g/mol. The maximum absolute atomic E-state index is 12.5. The van der Waals surface area contributed by atoms with Crippen molar-refractivity contribution >= 4 is 12.1 Å². The zero-order valence-corrected chi connectivity index (χ0v) is 14.2. The van der Waals surface area contributed by atoms with Crippen LogP contribution < -0.4 is 0 Å². The van der Waals surface area contributed by atoms with Gasteiger partial charge in [0.2, 0.25) is 0 Å². The molecule has 0 unspecified atom stereocenters. The summed E-state index contributed by atoms with van der Waals surface area (Å²) in [5.74, 6) is -0.500. The number of hydrogen-bond donors (Lipinski definition) is 1. The van der Waals surface area contributed by atoms with E-state index in [1.54, 1.807) is 0 Å². The number of carbonyl (C=O) groups excluding carboxylic acids is 1. The van der Waals surface area contributed by atoms with Crippen molar-refractivity contribution in [2.45, 2.75) is 18.4 Å². The molecule has 3 aliphatic rings. The molecular weight excluding hydrogens is 330 g/mol. The van der Waals surface area contributed by atoms with Crippen LogP contribution in [0.2, 0.25) is 0 Å². The molecule has 0 spiro atoms. The van der Waals surface area contributed by atoms with Crippen molar-refractivity contribution in [1.82, 2.24) is 4.90 Å². The summed E-state index contributed by atoms with van der Waals surface area (Å²) in [6, 6.07) is 15.6. The number of carbonyl (C=O) groups is 2. The van der Waals surface area contributed by atoms with Crippen LogP contribution in [0.25, 0.3) is 11.1 Å². The Kier molecular flexibility index (Phi) is 3.32. The molecule has 0 bridgehead atoms. The summed E-state index contributed by atoms with van der Waals surface area (Å²) in [6.45, 7) is 0.726. The van der Waals surface area contributed by atoms with Crippen LogP contribution in [0, 0.1) is 11.8 Å². The Labute approximate surface area is 151 Å². The maximum atomic E-state index is 12.5. The number of piperidine rings is 1. The van der Waals surface area contributed by atoms with E-state index in [0.717, 1.165) is 17.5 Å². The molecule has 0 radical (unpaired) electrons. The zero-order chi connectivity index (χ0) is 17.8. The number of fused-ring (bicyclic) bond motifs is 4. The van der Waals surface area contributed by atoms with E-state index in [4.69, 9.17) is 4.74 Å². The van der Waals surface area contributed by atoms with Crippen molar-refractivity contribution in [3.63, 3.8) is 0 Å². The highest BCUT2D eigenvalue weighted by atomic mass is 16.6. The highest BCUT2D eigenvalue weighted by molar-refractivity contribution is 5.82. The number of hydrogen-bond acceptors (Lipinski definition) is 3. The minimum atomic E-state index is -0.927. The predicted molar refractivity (Wildman–Crippen MR) is 94.8 cm³/mol. The number of benzene rings is 2. The van der Waals surface area contributed by atoms with E-state index in [1.165, 1.54) is 16.0 Å². The van der Waals surface area contributed by atoms with Gasteiger partial charge < -0.3 is 9.84 Å². The summed E-state index contributed by atoms with van der Waals surface area (Å²) >= 11 is 0. The Balaban J connectivity index is 1.36. The van der Waals surface area contributed by atoms with Crippen LogP contribution in [-0.4, -0.2) is 41.3 Å². The first-order valence-corrected chi connectivity index (χ1v) is 8.99. The molecule has 2 aromatic carbocycles. The Bertz CT molecular complexity index is 863. The molecule has 5 nitrogen and oxygen atoms in total. The normalized spacial score (nSPS) is 25.4. The average Bonchev–Trinajstić information content (AvgIpc) is 3.19. The molecular formula is C21H19NO4. The standard InChI is InChI=1S/C21H19NO4/c23-20(24)19-17-9-12(17)10-22(19)21(25)26-11-18-15-7-3-1-5-13(15)14-6-2-4-8-16(14)18/h1-8,12,17-19H,9-11H2,(H,23,24)/t12-,17-,19+/m1/s1. The lowest BCUT2D eigenvalue weighted by Crippen LogP contribution is -2.43. The summed E-state index contributed by atoms with van der Waals surface area (Å²) in [6.07, 6.45) is 0.399. The van der Waals surface area contributed by atoms with Gasteiger partial charge in [0.05, 0.1) is 0 Å². The lowest BCUT2D eigenvalue weighted by atomic mass is 9.98. The molecule has 5 heteroatoms. The van der Waals surface area contributed by atoms with Crippen molar-refractivity contribution < 1.29 is 19.4 Å². The molecule has 1 aliphatic heterocycles. The Morgan fingerprint density at radius 2 is 1.65 bits per heavy atom. The van der Waals surface area contributed by atoms with Crippen molar-refractivity contribution in [3.8, 4) is 11.1 Å². The molecule has 2 aliphatic carbocycles. The van der Waals surface area contributed by atoms with E-state index < -0.39 is 18.1 Å². The molecule has 1 heterocycles. The van der Waals surface area contributed by atoms with Gasteiger partial charge in [0.1, 0.15) is 12.6 Å². The van der Waals surface area contributed by atoms with Gasteiger partial charge in [-0.1, -0.05) is 48.5 Å². The Hall–Kier alpha value is -2.82. The maximum Gasteiger partial charge on any atom is 0.410 e. The van der Waals surface area contributed by atoms with Gasteiger partial charge in [-0.3, -0.25) is 4.90 Å². The fourth-order valence-electron chi connectivity index (χ4n) is 4.65. The van der Waals surface area contributed by atoms with Crippen molar-refractivity contribution in [2.75, 3.05) is 13.2 Å². The van der Waals surface area contributed by atoms with E-state index >= 15 is 0 Å². The number of rotatable bonds is 3. The summed E-state index contributed by atoms with van der Waals surface area (Å²) in [5, 5.41) is 9.42. The molecule has 1 saturated heterocycles. The molecule has 132 valence electrons. The summed E-state index contributed by atoms with van der Waals surface area (Å²) < 4.78 is 5.60. The highest BCUT2D eigenvalue weighted by Gasteiger charge is 2.57. The van der Waals surface area contributed by atoms with Crippen molar-refractivity contribution in [2.24, 2.45) is 11.8 Å². The molecule has 1 saturated carbocycles. The van der Waals surface area contributed by atoms with Gasteiger partial charge in [-0.05, 0) is 40.5 Å². The number of carboxylic acid groups (broad SMARTS) is 1. The molecule has 2 aromatic rings. The SMILES string of the molecule is O=C(O)[C@@H]1[C@@H]2C[C@@H]2CN1C(=O)OCC1c2ccccc2-c2ccccc21. The molecule has 26 heavy (non-hydrogen) atoms. The van der Waals surface area contributed by atoms with Gasteiger partial charge in [0, 0.05) is 12.5 Å². The van der Waals surface area contributed by atoms with Crippen LogP contribution in [0.1, 0.15) is 23.5 Å². The van der Waals surface area contributed by atoms with Gasteiger partial charge in [0.15, 0.2) is 0 Å². The van der Waals surface area contributed by atoms with Crippen LogP contribution in [0.5, 0.6) is 0 Å². The fourth-order valence-corrected chi connectivity index (χ4v) is 4.65. The Morgan fingerprint density at radius 3 is 2.27 bits per heavy atom. The Morgan fingerprint density at radius 1 is 1.04 bits per heavy atom. The van der Waals surface area contributed by atoms with Crippen LogP contribution in [-0.2, 0) is 9.53 Å². The number of likely N-dealkylation sites (tertiary alicyclic amines) is 1. The zero-order valence-electron chi connectivity index (χ0n) is 14.2. The lowest BCUT2D eigenvalue weighted by Gasteiger charge is -2.24. The van der Waals surface area contributed by atoms with Gasteiger partial charge in [-0.25, -0.2) is 9.59 Å². The molecule has 5 rings (SSSR count). The second-order valence-corrected chi connectivity index (χ2v) is 7.40. The van der Waals surface area contributed by atoms with Crippen LogP contribution in [0.4, 0.5) is 4.79 Å². The third-order valence-corrected chi connectivity index (χ3v) is 5.97. The van der Waals surface area contributed by atoms with Gasteiger partial charge in [-0.2, -0.15) is 0 Å². The number of carboxylic acids is 1. The van der Waals surface area contributed by atoms with E-state index in [0.29, 0.717) is 12.5 Å². The number of nitrogens with zero attached hydrogens (tertiary/aromatic N) is 1. The van der Waals surface area contributed by atoms with E-state index in [9.17, 15) is 14.7 Å². The summed E-state index contributed by atoms with van der Waals surface area (Å²) in [4.78, 5) is 25.4. The number of ether oxygens (including phenoxy) is 1. The van der Waals surface area contributed by atoms with Crippen molar-refractivity contribution in [1.29, 1.82) is 0 Å². The predicted octanol–water partition coefficient (Wildman–Crippen LogP) is 3.34. The van der Waals surface area contributed by atoms with Gasteiger partial charge in [0.25, 0.3) is 0 Å². The quantitative estimate of drug-likeness (QED) is 0.923. The molecule has 0 aromatic heterocycles. The number of aliphatic carboxylic acids is 1. The summed E-state index contributed by atoms with van der Waals surface area (Å²) in [5.41, 5.74) is 4.66. The van der Waals surface area contributed by atoms with Crippen LogP contribution >= 0.6 is 0 Å². The van der Waals surface area contributed by atoms with Crippen LogP contribution in [0.3, 0.4) is 0 Å². The average molecular weight is 349 g/mol. The van der Waals surface area contributed by atoms with E-state index in [1.807, 2.05) is 24.3 Å². The smallest absolute Gasteiger partial charge is 0.410 e. The van der Waals surface area contributed by atoms with E-state index in [-0.39, 0.29) is 18.4 Å². The third-order valence-electron chi connectivity index (χ3n) is 5.97. The van der Waals surface area contributed by atoms with Crippen molar-refractivity contribution in [3.05, 3.63) is 59.7 Å². The fraction of sp³-hybridized carbons (Fsp3) is 0.333. The third kappa shape index (κ3) is 2.23. The second kappa shape index (κ2) is 5.59. The highest BCUT2D eigenvalue weighted by Crippen LogP contribution is 2.50. The largest absolute Gasteiger partial charge is 0.480 e. The molecule has 1 amide bonds. The molecule has 2 fully saturated rings. The van der Waals surface area contributed by atoms with Gasteiger partial charge >= 0.3 is 12.1 Å².